The van der Waals surface area contributed by atoms with Crippen molar-refractivity contribution in [3.05, 3.63) is 47.9 Å². The minimum atomic E-state index is -4.70. The molecule has 0 saturated heterocycles. The van der Waals surface area contributed by atoms with Gasteiger partial charge in [-0.05, 0) is 30.3 Å². The number of carbonyl (C=O) groups is 2. The molecule has 0 bridgehead atoms. The molecule has 1 aromatic heterocycles. The molecule has 6 nitrogen and oxygen atoms in total. The highest BCUT2D eigenvalue weighted by Gasteiger charge is 2.34. The number of benzene rings is 1. The molecule has 0 fully saturated rings. The molecule has 2 rings (SSSR count). The zero-order valence-electron chi connectivity index (χ0n) is 12.5. The van der Waals surface area contributed by atoms with Gasteiger partial charge in [-0.15, -0.1) is 0 Å². The van der Waals surface area contributed by atoms with E-state index in [9.17, 15) is 22.8 Å². The highest BCUT2D eigenvalue weighted by molar-refractivity contribution is 5.92. The van der Waals surface area contributed by atoms with Gasteiger partial charge in [0, 0.05) is 12.6 Å². The van der Waals surface area contributed by atoms with Crippen molar-refractivity contribution in [2.45, 2.75) is 19.6 Å². The van der Waals surface area contributed by atoms with E-state index in [0.29, 0.717) is 5.76 Å². The first kappa shape index (κ1) is 17.4. The van der Waals surface area contributed by atoms with E-state index in [1.54, 1.807) is 12.1 Å². The molecule has 0 aliphatic rings. The van der Waals surface area contributed by atoms with E-state index in [4.69, 9.17) is 4.42 Å². The monoisotopic (exact) mass is 341 g/mol. The van der Waals surface area contributed by atoms with Crippen LogP contribution in [0.15, 0.2) is 41.0 Å². The molecule has 3 N–H and O–H groups in total. The average Bonchev–Trinajstić information content (AvgIpc) is 2.98. The number of anilines is 2. The summed E-state index contributed by atoms with van der Waals surface area (Å²) in [5.41, 5.74) is -1.51. The summed E-state index contributed by atoms with van der Waals surface area (Å²) in [6.45, 7) is 1.21. The number of nitrogens with one attached hydrogen (secondary N) is 3. The second-order valence-electron chi connectivity index (χ2n) is 4.83. The quantitative estimate of drug-likeness (QED) is 0.795. The highest BCUT2D eigenvalue weighted by Crippen LogP contribution is 2.36. The zero-order valence-corrected chi connectivity index (χ0v) is 12.5. The predicted molar refractivity (Wildman–Crippen MR) is 80.3 cm³/mol. The lowest BCUT2D eigenvalue weighted by Crippen LogP contribution is -2.29. The molecule has 0 atom stereocenters. The van der Waals surface area contributed by atoms with Crippen LogP contribution >= 0.6 is 0 Å². The first-order chi connectivity index (χ1) is 11.3. The van der Waals surface area contributed by atoms with Gasteiger partial charge in [0.1, 0.15) is 5.76 Å². The molecule has 0 spiro atoms. The Morgan fingerprint density at radius 1 is 1.17 bits per heavy atom. The van der Waals surface area contributed by atoms with Crippen LogP contribution in [0.1, 0.15) is 18.2 Å². The summed E-state index contributed by atoms with van der Waals surface area (Å²) in [6.07, 6.45) is -3.28. The molecule has 1 aromatic carbocycles. The fraction of sp³-hybridized carbons (Fsp3) is 0.200. The van der Waals surface area contributed by atoms with Crippen LogP contribution in [0.3, 0.4) is 0 Å². The smallest absolute Gasteiger partial charge is 0.418 e. The number of urea groups is 1. The van der Waals surface area contributed by atoms with E-state index in [0.717, 1.165) is 12.1 Å². The van der Waals surface area contributed by atoms with Gasteiger partial charge >= 0.3 is 12.2 Å². The third-order valence-corrected chi connectivity index (χ3v) is 2.90. The number of rotatable bonds is 4. The zero-order chi connectivity index (χ0) is 17.7. The van der Waals surface area contributed by atoms with E-state index in [1.807, 2.05) is 0 Å². The predicted octanol–water partition coefficient (Wildman–Crippen LogP) is 3.58. The van der Waals surface area contributed by atoms with Crippen LogP contribution in [-0.4, -0.2) is 11.9 Å². The van der Waals surface area contributed by atoms with Gasteiger partial charge in [0.15, 0.2) is 0 Å². The average molecular weight is 341 g/mol. The molecular weight excluding hydrogens is 327 g/mol. The summed E-state index contributed by atoms with van der Waals surface area (Å²) in [7, 11) is 0. The van der Waals surface area contributed by atoms with Crippen molar-refractivity contribution in [1.82, 2.24) is 5.32 Å². The molecule has 1 heterocycles. The Bertz CT molecular complexity index is 727. The number of amides is 3. The van der Waals surface area contributed by atoms with Crippen LogP contribution in [-0.2, 0) is 17.5 Å². The van der Waals surface area contributed by atoms with Gasteiger partial charge in [-0.3, -0.25) is 4.79 Å². The van der Waals surface area contributed by atoms with Gasteiger partial charge in [0.2, 0.25) is 5.91 Å². The first-order valence-electron chi connectivity index (χ1n) is 6.82. The largest absolute Gasteiger partial charge is 0.467 e. The van der Waals surface area contributed by atoms with Crippen LogP contribution in [0.5, 0.6) is 0 Å². The number of carbonyl (C=O) groups excluding carboxylic acids is 2. The highest BCUT2D eigenvalue weighted by atomic mass is 19.4. The Balaban J connectivity index is 2.13. The Hall–Kier alpha value is -2.97. The van der Waals surface area contributed by atoms with Crippen LogP contribution in [0, 0.1) is 0 Å². The second kappa shape index (κ2) is 7.07. The van der Waals surface area contributed by atoms with Crippen molar-refractivity contribution in [3.63, 3.8) is 0 Å². The van der Waals surface area contributed by atoms with Gasteiger partial charge in [0.25, 0.3) is 0 Å². The Labute approximate surface area is 135 Å². The summed E-state index contributed by atoms with van der Waals surface area (Å²) >= 11 is 0. The third-order valence-electron chi connectivity index (χ3n) is 2.90. The maximum Gasteiger partial charge on any atom is 0.418 e. The van der Waals surface area contributed by atoms with Gasteiger partial charge in [-0.1, -0.05) is 0 Å². The van der Waals surface area contributed by atoms with Gasteiger partial charge in [-0.25, -0.2) is 4.79 Å². The van der Waals surface area contributed by atoms with E-state index in [1.165, 1.54) is 19.3 Å². The van der Waals surface area contributed by atoms with Gasteiger partial charge in [-0.2, -0.15) is 13.2 Å². The molecule has 0 radical (unpaired) electrons. The van der Waals surface area contributed by atoms with Crippen molar-refractivity contribution in [2.75, 3.05) is 10.6 Å². The lowest BCUT2D eigenvalue weighted by atomic mass is 10.1. The third kappa shape index (κ3) is 4.77. The fourth-order valence-corrected chi connectivity index (χ4v) is 1.92. The Morgan fingerprint density at radius 2 is 1.92 bits per heavy atom. The summed E-state index contributed by atoms with van der Waals surface area (Å²) in [5.74, 6) is -0.0396. The van der Waals surface area contributed by atoms with Crippen LogP contribution in [0.4, 0.5) is 29.3 Å². The van der Waals surface area contributed by atoms with E-state index in [2.05, 4.69) is 16.0 Å². The molecular formula is C15H14F3N3O3. The SMILES string of the molecule is CC(=O)Nc1ccc(NC(=O)NCc2ccco2)c(C(F)(F)F)c1. The van der Waals surface area contributed by atoms with E-state index < -0.39 is 29.4 Å². The summed E-state index contributed by atoms with van der Waals surface area (Å²) in [6, 6.07) is 5.51. The summed E-state index contributed by atoms with van der Waals surface area (Å²) in [4.78, 5) is 22.7. The van der Waals surface area contributed by atoms with Crippen molar-refractivity contribution >= 4 is 23.3 Å². The minimum Gasteiger partial charge on any atom is -0.467 e. The van der Waals surface area contributed by atoms with Gasteiger partial charge in [0.05, 0.1) is 24.1 Å². The van der Waals surface area contributed by atoms with Crippen LogP contribution in [0.2, 0.25) is 0 Å². The standard InChI is InChI=1S/C15H14F3N3O3/c1-9(22)20-10-4-5-13(12(7-10)15(16,17)18)21-14(23)19-8-11-3-2-6-24-11/h2-7H,8H2,1H3,(H,20,22)(H2,19,21,23). The maximum atomic E-state index is 13.1. The molecule has 9 heteroatoms. The number of alkyl halides is 3. The van der Waals surface area contributed by atoms with E-state index in [-0.39, 0.29) is 12.2 Å². The second-order valence-corrected chi connectivity index (χ2v) is 4.83. The topological polar surface area (TPSA) is 83.4 Å². The number of hydrogen-bond donors (Lipinski definition) is 3. The molecule has 3 amide bonds. The normalized spacial score (nSPS) is 11.0. The van der Waals surface area contributed by atoms with Crippen molar-refractivity contribution in [2.24, 2.45) is 0 Å². The minimum absolute atomic E-state index is 0.0173. The molecule has 24 heavy (non-hydrogen) atoms. The molecule has 0 saturated carbocycles. The van der Waals surface area contributed by atoms with Gasteiger partial charge < -0.3 is 20.4 Å². The lowest BCUT2D eigenvalue weighted by molar-refractivity contribution is -0.137. The maximum absolute atomic E-state index is 13.1. The summed E-state index contributed by atoms with van der Waals surface area (Å²) in [5, 5.41) is 6.78. The van der Waals surface area contributed by atoms with Crippen molar-refractivity contribution < 1.29 is 27.2 Å². The molecule has 0 aliphatic heterocycles. The summed E-state index contributed by atoms with van der Waals surface area (Å²) < 4.78 is 44.4. The van der Waals surface area contributed by atoms with Crippen LogP contribution in [0.25, 0.3) is 0 Å². The molecule has 2 aromatic rings. The van der Waals surface area contributed by atoms with Crippen molar-refractivity contribution in [3.8, 4) is 0 Å². The Morgan fingerprint density at radius 3 is 2.50 bits per heavy atom. The number of hydrogen-bond acceptors (Lipinski definition) is 3. The molecule has 0 aliphatic carbocycles. The Kier molecular flexibility index (Phi) is 5.12. The first-order valence-corrected chi connectivity index (χ1v) is 6.82. The number of halogens is 3. The van der Waals surface area contributed by atoms with E-state index >= 15 is 0 Å². The molecule has 0 unspecified atom stereocenters. The van der Waals surface area contributed by atoms with Crippen molar-refractivity contribution in [1.29, 1.82) is 0 Å². The lowest BCUT2D eigenvalue weighted by Gasteiger charge is -2.15. The van der Waals surface area contributed by atoms with Crippen LogP contribution < -0.4 is 16.0 Å². The molecule has 128 valence electrons. The fourth-order valence-electron chi connectivity index (χ4n) is 1.92. The number of furan rings is 1.